The van der Waals surface area contributed by atoms with Crippen LogP contribution in [0, 0.1) is 0 Å². The van der Waals surface area contributed by atoms with Gasteiger partial charge in [0.05, 0.1) is 30.4 Å². The van der Waals surface area contributed by atoms with Crippen LogP contribution in [-0.4, -0.2) is 77.9 Å². The lowest BCUT2D eigenvalue weighted by Crippen LogP contribution is -2.57. The summed E-state index contributed by atoms with van der Waals surface area (Å²) < 4.78 is 59.0. The molecule has 0 saturated heterocycles. The average molecular weight is 633 g/mol. The first kappa shape index (κ1) is 33.8. The number of benzene rings is 3. The predicted octanol–water partition coefficient (Wildman–Crippen LogP) is 0.304. The predicted molar refractivity (Wildman–Crippen MR) is 161 cm³/mol. The number of sulfonamides is 2. The molecule has 5 N–H and O–H groups in total. The lowest BCUT2D eigenvalue weighted by molar-refractivity contribution is -0.132. The van der Waals surface area contributed by atoms with E-state index >= 15 is 0 Å². The first-order chi connectivity index (χ1) is 20.4. The average Bonchev–Trinajstić information content (AvgIpc) is 2.99. The first-order valence-electron chi connectivity index (χ1n) is 13.4. The van der Waals surface area contributed by atoms with Gasteiger partial charge in [0.2, 0.25) is 26.0 Å². The van der Waals surface area contributed by atoms with Gasteiger partial charge < -0.3 is 20.5 Å². The lowest BCUT2D eigenvalue weighted by atomic mass is 10.00. The van der Waals surface area contributed by atoms with Gasteiger partial charge in [-0.3, -0.25) is 9.59 Å². The third kappa shape index (κ3) is 11.9. The van der Waals surface area contributed by atoms with Crippen molar-refractivity contribution in [3.63, 3.8) is 0 Å². The molecular weight excluding hydrogens is 596 g/mol. The van der Waals surface area contributed by atoms with Crippen LogP contribution in [0.25, 0.3) is 0 Å². The van der Waals surface area contributed by atoms with Crippen LogP contribution in [0.1, 0.15) is 11.1 Å². The Morgan fingerprint density at radius 2 is 1.35 bits per heavy atom. The van der Waals surface area contributed by atoms with E-state index in [0.29, 0.717) is 5.56 Å². The maximum atomic E-state index is 13.3. The normalized spacial score (nSPS) is 13.9. The van der Waals surface area contributed by atoms with Crippen LogP contribution >= 0.6 is 0 Å². The smallest absolute Gasteiger partial charge is 0.251 e. The van der Waals surface area contributed by atoms with Crippen molar-refractivity contribution in [2.75, 3.05) is 26.0 Å². The molecule has 2 amide bonds. The molecule has 3 aromatic carbocycles. The SMILES string of the molecule is CS(=O)(=O)NC(COCc1ccccc1)C(=O)N[C@@H](Cc1ccccc1)C(O)C(=O)NCCNS(=O)(=O)c1ccccc1. The topological polar surface area (TPSA) is 180 Å². The van der Waals surface area contributed by atoms with Crippen LogP contribution < -0.4 is 20.1 Å². The Balaban J connectivity index is 1.65. The molecule has 0 spiro atoms. The van der Waals surface area contributed by atoms with Crippen molar-refractivity contribution in [2.24, 2.45) is 0 Å². The second-order valence-corrected chi connectivity index (χ2v) is 13.2. The van der Waals surface area contributed by atoms with Crippen LogP contribution in [0.4, 0.5) is 0 Å². The number of ether oxygens (including phenoxy) is 1. The summed E-state index contributed by atoms with van der Waals surface area (Å²) in [7, 11) is -7.62. The van der Waals surface area contributed by atoms with E-state index in [1.165, 1.54) is 12.1 Å². The number of aliphatic hydroxyl groups is 1. The fourth-order valence-electron chi connectivity index (χ4n) is 4.02. The summed E-state index contributed by atoms with van der Waals surface area (Å²) >= 11 is 0. The highest BCUT2D eigenvalue weighted by Gasteiger charge is 2.31. The van der Waals surface area contributed by atoms with E-state index in [1.54, 1.807) is 48.5 Å². The van der Waals surface area contributed by atoms with Crippen molar-refractivity contribution in [3.8, 4) is 0 Å². The number of hydrogen-bond donors (Lipinski definition) is 5. The Morgan fingerprint density at radius 1 is 0.791 bits per heavy atom. The summed E-state index contributed by atoms with van der Waals surface area (Å²) in [5.41, 5.74) is 1.52. The number of carbonyl (C=O) groups excluding carboxylic acids is 2. The van der Waals surface area contributed by atoms with Gasteiger partial charge >= 0.3 is 0 Å². The minimum absolute atomic E-state index is 0.0400. The third-order valence-electron chi connectivity index (χ3n) is 6.11. The van der Waals surface area contributed by atoms with Crippen molar-refractivity contribution in [1.82, 2.24) is 20.1 Å². The molecule has 0 aliphatic carbocycles. The monoisotopic (exact) mass is 632 g/mol. The van der Waals surface area contributed by atoms with E-state index < -0.39 is 50.0 Å². The Bertz CT molecular complexity index is 1520. The molecule has 0 saturated carbocycles. The summed E-state index contributed by atoms with van der Waals surface area (Å²) in [6, 6.07) is 23.1. The highest BCUT2D eigenvalue weighted by Crippen LogP contribution is 2.09. The summed E-state index contributed by atoms with van der Waals surface area (Å²) in [6.07, 6.45) is -0.808. The van der Waals surface area contributed by atoms with Crippen molar-refractivity contribution >= 4 is 31.9 Å². The fraction of sp³-hybridized carbons (Fsp3) is 0.310. The maximum absolute atomic E-state index is 13.3. The van der Waals surface area contributed by atoms with Gasteiger partial charge in [0.25, 0.3) is 5.91 Å². The molecule has 14 heteroatoms. The summed E-state index contributed by atoms with van der Waals surface area (Å²) in [6.45, 7) is -0.470. The van der Waals surface area contributed by atoms with Gasteiger partial charge in [0.15, 0.2) is 6.10 Å². The van der Waals surface area contributed by atoms with E-state index in [1.807, 2.05) is 30.3 Å². The molecule has 3 aromatic rings. The zero-order valence-corrected chi connectivity index (χ0v) is 25.2. The highest BCUT2D eigenvalue weighted by atomic mass is 32.2. The highest BCUT2D eigenvalue weighted by molar-refractivity contribution is 7.89. The molecule has 0 bridgehead atoms. The van der Waals surface area contributed by atoms with E-state index in [0.717, 1.165) is 11.8 Å². The maximum Gasteiger partial charge on any atom is 0.251 e. The molecule has 12 nitrogen and oxygen atoms in total. The molecule has 0 radical (unpaired) electrons. The molecule has 43 heavy (non-hydrogen) atoms. The molecule has 0 heterocycles. The molecular formula is C29H36N4O8S2. The standard InChI is InChI=1S/C29H36N4O8S2/c1-42(37,38)33-26(21-41-20-23-13-7-3-8-14-23)28(35)32-25(19-22-11-5-2-6-12-22)27(34)29(36)30-17-18-31-43(39,40)24-15-9-4-10-16-24/h2-16,25-27,31,33-34H,17-21H2,1H3,(H,30,36)(H,32,35)/t25-,26?,27?/m0/s1. The molecule has 3 atom stereocenters. The summed E-state index contributed by atoms with van der Waals surface area (Å²) in [4.78, 5) is 26.2. The summed E-state index contributed by atoms with van der Waals surface area (Å²) in [5.74, 6) is -1.66. The van der Waals surface area contributed by atoms with Gasteiger partial charge in [-0.05, 0) is 29.7 Å². The molecule has 0 aliphatic rings. The number of carbonyl (C=O) groups is 2. The van der Waals surface area contributed by atoms with Gasteiger partial charge in [-0.25, -0.2) is 26.3 Å². The van der Waals surface area contributed by atoms with Crippen molar-refractivity contribution in [1.29, 1.82) is 0 Å². The molecule has 0 aliphatic heterocycles. The molecule has 0 aromatic heterocycles. The largest absolute Gasteiger partial charge is 0.381 e. The van der Waals surface area contributed by atoms with Crippen LogP contribution in [-0.2, 0) is 47.4 Å². The fourth-order valence-corrected chi connectivity index (χ4v) is 5.77. The molecule has 3 rings (SSSR count). The number of nitrogens with one attached hydrogen (secondary N) is 4. The number of hydrogen-bond acceptors (Lipinski definition) is 8. The van der Waals surface area contributed by atoms with E-state index in [-0.39, 0.29) is 37.6 Å². The van der Waals surface area contributed by atoms with Crippen LogP contribution in [0.5, 0.6) is 0 Å². The van der Waals surface area contributed by atoms with Gasteiger partial charge in [0.1, 0.15) is 6.04 Å². The molecule has 0 fully saturated rings. The van der Waals surface area contributed by atoms with Crippen LogP contribution in [0.15, 0.2) is 95.9 Å². The van der Waals surface area contributed by atoms with Crippen molar-refractivity contribution < 1.29 is 36.3 Å². The number of rotatable bonds is 17. The quantitative estimate of drug-likeness (QED) is 0.132. The van der Waals surface area contributed by atoms with Crippen molar-refractivity contribution in [2.45, 2.75) is 36.1 Å². The second kappa shape index (κ2) is 16.3. The van der Waals surface area contributed by atoms with Crippen LogP contribution in [0.3, 0.4) is 0 Å². The minimum atomic E-state index is -3.83. The molecule has 232 valence electrons. The number of amides is 2. The minimum Gasteiger partial charge on any atom is -0.381 e. The zero-order chi connectivity index (χ0) is 31.3. The van der Waals surface area contributed by atoms with E-state index in [9.17, 15) is 31.5 Å². The van der Waals surface area contributed by atoms with E-state index in [4.69, 9.17) is 4.74 Å². The summed E-state index contributed by atoms with van der Waals surface area (Å²) in [5, 5.41) is 16.0. The van der Waals surface area contributed by atoms with Gasteiger partial charge in [-0.15, -0.1) is 0 Å². The lowest BCUT2D eigenvalue weighted by Gasteiger charge is -2.26. The Hall–Kier alpha value is -3.66. The Kier molecular flexibility index (Phi) is 12.8. The van der Waals surface area contributed by atoms with Crippen LogP contribution in [0.2, 0.25) is 0 Å². The second-order valence-electron chi connectivity index (χ2n) is 9.69. The first-order valence-corrected chi connectivity index (χ1v) is 16.8. The van der Waals surface area contributed by atoms with E-state index in [2.05, 4.69) is 20.1 Å². The van der Waals surface area contributed by atoms with Crippen molar-refractivity contribution in [3.05, 3.63) is 102 Å². The molecule has 2 unspecified atom stereocenters. The Morgan fingerprint density at radius 3 is 1.93 bits per heavy atom. The zero-order valence-electron chi connectivity index (χ0n) is 23.5. The van der Waals surface area contributed by atoms with Gasteiger partial charge in [0, 0.05) is 13.1 Å². The van der Waals surface area contributed by atoms with Gasteiger partial charge in [-0.2, -0.15) is 0 Å². The third-order valence-corrected chi connectivity index (χ3v) is 8.30. The number of aliphatic hydroxyl groups excluding tert-OH is 1. The van der Waals surface area contributed by atoms with Gasteiger partial charge in [-0.1, -0.05) is 78.9 Å². The Labute approximate surface area is 252 Å².